The van der Waals surface area contributed by atoms with Crippen LogP contribution in [0.5, 0.6) is 0 Å². The molecule has 1 atom stereocenters. The minimum atomic E-state index is -1.32. The van der Waals surface area contributed by atoms with E-state index < -0.39 is 17.3 Å². The number of esters is 1. The van der Waals surface area contributed by atoms with Crippen molar-refractivity contribution in [2.75, 3.05) is 11.5 Å². The number of hydrogen-bond donors (Lipinski definition) is 0. The number of nitrogens with zero attached hydrogens (tertiary/aromatic N) is 1. The number of amides is 1. The van der Waals surface area contributed by atoms with Gasteiger partial charge in [0, 0.05) is 11.4 Å². The van der Waals surface area contributed by atoms with Gasteiger partial charge in [-0.05, 0) is 47.9 Å². The van der Waals surface area contributed by atoms with Crippen molar-refractivity contribution in [2.45, 2.75) is 12.3 Å². The predicted octanol–water partition coefficient (Wildman–Crippen LogP) is 6.80. The maximum atomic E-state index is 15.0. The Hall–Kier alpha value is -4.70. The Morgan fingerprint density at radius 2 is 1.26 bits per heavy atom. The molecular formula is C34H29NO3. The summed E-state index contributed by atoms with van der Waals surface area (Å²) in [6.45, 7) is 2.00. The van der Waals surface area contributed by atoms with Crippen molar-refractivity contribution < 1.29 is 14.3 Å². The van der Waals surface area contributed by atoms with E-state index in [0.717, 1.165) is 22.4 Å². The summed E-state index contributed by atoms with van der Waals surface area (Å²) in [4.78, 5) is 30.5. The number of carbonyl (C=O) groups excluding carboxylic acids is 2. The van der Waals surface area contributed by atoms with Gasteiger partial charge in [-0.2, -0.15) is 0 Å². The zero-order valence-electron chi connectivity index (χ0n) is 21.2. The second kappa shape index (κ2) is 11.1. The molecule has 1 aliphatic heterocycles. The minimum absolute atomic E-state index is 0.214. The van der Waals surface area contributed by atoms with Crippen LogP contribution in [-0.4, -0.2) is 18.5 Å². The first-order valence-electron chi connectivity index (χ1n) is 12.8. The van der Waals surface area contributed by atoms with Crippen LogP contribution in [0.4, 0.5) is 5.69 Å². The molecule has 4 aromatic rings. The minimum Gasteiger partial charge on any atom is -0.465 e. The first-order valence-corrected chi connectivity index (χ1v) is 12.8. The Morgan fingerprint density at radius 3 is 1.79 bits per heavy atom. The maximum absolute atomic E-state index is 15.0. The lowest BCUT2D eigenvalue weighted by atomic mass is 9.62. The van der Waals surface area contributed by atoms with Crippen LogP contribution in [0.2, 0.25) is 0 Å². The highest BCUT2D eigenvalue weighted by Crippen LogP contribution is 2.47. The summed E-state index contributed by atoms with van der Waals surface area (Å²) in [5.41, 5.74) is 2.47. The lowest BCUT2D eigenvalue weighted by molar-refractivity contribution is -0.150. The highest BCUT2D eigenvalue weighted by Gasteiger charge is 2.56. The van der Waals surface area contributed by atoms with E-state index in [9.17, 15) is 4.79 Å². The van der Waals surface area contributed by atoms with Gasteiger partial charge in [0.05, 0.1) is 12.5 Å². The molecule has 0 N–H and O–H groups in total. The third-order valence-corrected chi connectivity index (χ3v) is 6.86. The van der Waals surface area contributed by atoms with E-state index >= 15 is 4.79 Å². The molecule has 1 amide bonds. The SMILES string of the molecule is CCOC(=O)[C@H]1C=C(/C=C/c2ccccc2)N(c2ccccc2)C(=O)C1(c1ccccc1)c1ccccc1. The van der Waals surface area contributed by atoms with Crippen LogP contribution < -0.4 is 4.90 Å². The molecule has 0 aliphatic carbocycles. The Balaban J connectivity index is 1.81. The fourth-order valence-corrected chi connectivity index (χ4v) is 5.17. The van der Waals surface area contributed by atoms with Gasteiger partial charge in [0.2, 0.25) is 5.91 Å². The van der Waals surface area contributed by atoms with Gasteiger partial charge in [-0.25, -0.2) is 0 Å². The molecule has 4 nitrogen and oxygen atoms in total. The van der Waals surface area contributed by atoms with Crippen molar-refractivity contribution in [2.24, 2.45) is 5.92 Å². The molecule has 0 radical (unpaired) electrons. The molecule has 188 valence electrons. The first kappa shape index (κ1) is 25.0. The fourth-order valence-electron chi connectivity index (χ4n) is 5.17. The van der Waals surface area contributed by atoms with Crippen molar-refractivity contribution >= 4 is 23.6 Å². The number of allylic oxidation sites excluding steroid dienone is 1. The molecule has 0 fully saturated rings. The fraction of sp³-hybridized carbons (Fsp3) is 0.118. The van der Waals surface area contributed by atoms with Crippen LogP contribution >= 0.6 is 0 Å². The number of para-hydroxylation sites is 1. The van der Waals surface area contributed by atoms with Gasteiger partial charge in [0.1, 0.15) is 5.41 Å². The Morgan fingerprint density at radius 1 is 0.763 bits per heavy atom. The van der Waals surface area contributed by atoms with E-state index in [-0.39, 0.29) is 12.5 Å². The summed E-state index contributed by atoms with van der Waals surface area (Å²) in [7, 11) is 0. The quantitative estimate of drug-likeness (QED) is 0.263. The molecule has 1 aliphatic rings. The van der Waals surface area contributed by atoms with Gasteiger partial charge in [-0.3, -0.25) is 14.5 Å². The molecular weight excluding hydrogens is 470 g/mol. The van der Waals surface area contributed by atoms with Gasteiger partial charge < -0.3 is 4.74 Å². The van der Waals surface area contributed by atoms with Crippen LogP contribution in [0.25, 0.3) is 6.08 Å². The predicted molar refractivity (Wildman–Crippen MR) is 151 cm³/mol. The maximum Gasteiger partial charge on any atom is 0.314 e. The highest BCUT2D eigenvalue weighted by molar-refractivity contribution is 6.11. The van der Waals surface area contributed by atoms with Crippen LogP contribution in [0.15, 0.2) is 139 Å². The number of hydrogen-bond acceptors (Lipinski definition) is 3. The normalized spacial score (nSPS) is 16.8. The van der Waals surface area contributed by atoms with E-state index in [4.69, 9.17) is 4.74 Å². The number of carbonyl (C=O) groups is 2. The van der Waals surface area contributed by atoms with Crippen molar-refractivity contribution in [3.05, 3.63) is 156 Å². The lowest BCUT2D eigenvalue weighted by Gasteiger charge is -2.45. The molecule has 0 aromatic heterocycles. The molecule has 38 heavy (non-hydrogen) atoms. The zero-order valence-corrected chi connectivity index (χ0v) is 21.2. The van der Waals surface area contributed by atoms with Crippen molar-refractivity contribution in [3.8, 4) is 0 Å². The van der Waals surface area contributed by atoms with Gasteiger partial charge in [0.15, 0.2) is 0 Å². The molecule has 5 rings (SSSR count). The summed E-state index contributed by atoms with van der Waals surface area (Å²) in [6.07, 6.45) is 5.73. The van der Waals surface area contributed by atoms with Crippen molar-refractivity contribution in [3.63, 3.8) is 0 Å². The molecule has 0 saturated carbocycles. The Labute approximate surface area is 223 Å². The van der Waals surface area contributed by atoms with Crippen LogP contribution in [0, 0.1) is 5.92 Å². The van der Waals surface area contributed by atoms with E-state index in [1.54, 1.807) is 11.8 Å². The Bertz CT molecular complexity index is 1410. The van der Waals surface area contributed by atoms with Crippen LogP contribution in [0.1, 0.15) is 23.6 Å². The first-order chi connectivity index (χ1) is 18.7. The third kappa shape index (κ3) is 4.57. The average molecular weight is 500 g/mol. The average Bonchev–Trinajstić information content (AvgIpc) is 2.98. The standard InChI is InChI=1S/C34H29NO3/c1-2-38-32(36)31-25-30(24-23-26-15-7-3-8-16-26)35(29-21-13-6-14-22-29)33(37)34(31,27-17-9-4-10-18-27)28-19-11-5-12-20-28/h3-25,31H,2H2,1H3/b24-23+/t31-/m1/s1. The smallest absolute Gasteiger partial charge is 0.314 e. The zero-order chi connectivity index (χ0) is 26.4. The van der Waals surface area contributed by atoms with Gasteiger partial charge in [0.25, 0.3) is 0 Å². The number of anilines is 1. The molecule has 0 saturated heterocycles. The lowest BCUT2D eigenvalue weighted by Crippen LogP contribution is -2.57. The molecule has 0 bridgehead atoms. The van der Waals surface area contributed by atoms with E-state index in [1.807, 2.05) is 140 Å². The number of benzene rings is 4. The second-order valence-electron chi connectivity index (χ2n) is 9.08. The second-order valence-corrected chi connectivity index (χ2v) is 9.08. The molecule has 1 heterocycles. The largest absolute Gasteiger partial charge is 0.465 e. The molecule has 4 heteroatoms. The highest BCUT2D eigenvalue weighted by atomic mass is 16.5. The van der Waals surface area contributed by atoms with E-state index in [0.29, 0.717) is 5.70 Å². The van der Waals surface area contributed by atoms with E-state index in [1.165, 1.54) is 0 Å². The summed E-state index contributed by atoms with van der Waals surface area (Å²) in [5.74, 6) is -1.53. The molecule has 4 aromatic carbocycles. The third-order valence-electron chi connectivity index (χ3n) is 6.86. The van der Waals surface area contributed by atoms with Gasteiger partial charge in [-0.15, -0.1) is 0 Å². The monoisotopic (exact) mass is 499 g/mol. The summed E-state index contributed by atoms with van der Waals surface area (Å²) in [6, 6.07) is 38.5. The number of ether oxygens (including phenoxy) is 1. The topological polar surface area (TPSA) is 46.6 Å². The van der Waals surface area contributed by atoms with Crippen molar-refractivity contribution in [1.29, 1.82) is 0 Å². The van der Waals surface area contributed by atoms with Crippen LogP contribution in [0.3, 0.4) is 0 Å². The Kier molecular flexibility index (Phi) is 7.32. The van der Waals surface area contributed by atoms with Gasteiger partial charge >= 0.3 is 5.97 Å². The summed E-state index contributed by atoms with van der Waals surface area (Å²) < 4.78 is 5.60. The molecule has 0 spiro atoms. The summed E-state index contributed by atoms with van der Waals surface area (Å²) >= 11 is 0. The summed E-state index contributed by atoms with van der Waals surface area (Å²) in [5, 5.41) is 0. The number of rotatable bonds is 7. The van der Waals surface area contributed by atoms with Crippen molar-refractivity contribution in [1.82, 2.24) is 0 Å². The van der Waals surface area contributed by atoms with E-state index in [2.05, 4.69) is 0 Å². The molecule has 0 unspecified atom stereocenters. The van der Waals surface area contributed by atoms with Gasteiger partial charge in [-0.1, -0.05) is 115 Å². The van der Waals surface area contributed by atoms with Crippen LogP contribution in [-0.2, 0) is 19.7 Å².